The zero-order valence-corrected chi connectivity index (χ0v) is 21.7. The summed E-state index contributed by atoms with van der Waals surface area (Å²) >= 11 is 1.72. The van der Waals surface area contributed by atoms with Gasteiger partial charge in [0.1, 0.15) is 6.04 Å². The number of rotatable bonds is 8. The molecule has 1 saturated carbocycles. The maximum absolute atomic E-state index is 13.7. The first-order valence-electron chi connectivity index (χ1n) is 12.9. The van der Waals surface area contributed by atoms with Gasteiger partial charge in [-0.15, -0.1) is 16.4 Å². The van der Waals surface area contributed by atoms with Gasteiger partial charge in [-0.2, -0.15) is 0 Å². The molecule has 37 heavy (non-hydrogen) atoms. The molecule has 1 N–H and O–H groups in total. The van der Waals surface area contributed by atoms with E-state index in [-0.39, 0.29) is 11.6 Å². The standard InChI is InChI=1S/C29H30N6OS/c1-20-13-14-26-22(16-20)17-25(29(36)30-26)27(28-31-32-33-35(28)23-10-5-6-11-23)34(19-24-12-7-15-37-24)18-21-8-3-2-4-9-21/h2-4,7-9,12-17,23,27H,5-6,10-11,18-19H2,1H3,(H,30,36)/t27-/m1/s1. The van der Waals surface area contributed by atoms with Crippen LogP contribution in [-0.2, 0) is 13.1 Å². The van der Waals surface area contributed by atoms with E-state index in [9.17, 15) is 4.79 Å². The fraction of sp³-hybridized carbons (Fsp3) is 0.310. The number of H-pyrrole nitrogens is 1. The molecule has 3 aromatic heterocycles. The van der Waals surface area contributed by atoms with Crippen molar-refractivity contribution in [3.05, 3.63) is 110 Å². The van der Waals surface area contributed by atoms with Gasteiger partial charge in [0.25, 0.3) is 5.56 Å². The van der Waals surface area contributed by atoms with Crippen LogP contribution in [-0.4, -0.2) is 30.1 Å². The Morgan fingerprint density at radius 3 is 2.68 bits per heavy atom. The van der Waals surface area contributed by atoms with Crippen molar-refractivity contribution < 1.29 is 0 Å². The van der Waals surface area contributed by atoms with Gasteiger partial charge < -0.3 is 4.98 Å². The van der Waals surface area contributed by atoms with Crippen LogP contribution >= 0.6 is 11.3 Å². The zero-order chi connectivity index (χ0) is 25.2. The van der Waals surface area contributed by atoms with Crippen LogP contribution in [0.2, 0.25) is 0 Å². The Morgan fingerprint density at radius 1 is 1.05 bits per heavy atom. The summed E-state index contributed by atoms with van der Waals surface area (Å²) in [5.41, 5.74) is 3.72. The topological polar surface area (TPSA) is 79.7 Å². The molecule has 8 heteroatoms. The second-order valence-corrected chi connectivity index (χ2v) is 11.0. The third-order valence-electron chi connectivity index (χ3n) is 7.29. The molecule has 188 valence electrons. The number of hydrogen-bond donors (Lipinski definition) is 1. The van der Waals surface area contributed by atoms with Crippen molar-refractivity contribution in [1.29, 1.82) is 0 Å². The summed E-state index contributed by atoms with van der Waals surface area (Å²) in [7, 11) is 0. The highest BCUT2D eigenvalue weighted by atomic mass is 32.1. The highest BCUT2D eigenvalue weighted by Gasteiger charge is 2.33. The summed E-state index contributed by atoms with van der Waals surface area (Å²) in [6.45, 7) is 3.41. The molecule has 0 unspecified atom stereocenters. The lowest BCUT2D eigenvalue weighted by molar-refractivity contribution is 0.192. The fourth-order valence-corrected chi connectivity index (χ4v) is 6.22. The van der Waals surface area contributed by atoms with Gasteiger partial charge in [0.15, 0.2) is 5.82 Å². The average Bonchev–Trinajstić information content (AvgIpc) is 3.69. The second-order valence-electron chi connectivity index (χ2n) is 9.94. The zero-order valence-electron chi connectivity index (χ0n) is 20.9. The first kappa shape index (κ1) is 23.8. The summed E-state index contributed by atoms with van der Waals surface area (Å²) in [5.74, 6) is 0.733. The van der Waals surface area contributed by atoms with Gasteiger partial charge in [-0.25, -0.2) is 4.68 Å². The summed E-state index contributed by atoms with van der Waals surface area (Å²) < 4.78 is 1.99. The van der Waals surface area contributed by atoms with Crippen molar-refractivity contribution in [3.8, 4) is 0 Å². The molecule has 0 bridgehead atoms. The monoisotopic (exact) mass is 510 g/mol. The van der Waals surface area contributed by atoms with Crippen molar-refractivity contribution >= 4 is 22.2 Å². The highest BCUT2D eigenvalue weighted by molar-refractivity contribution is 7.09. The lowest BCUT2D eigenvalue weighted by Gasteiger charge is -2.31. The van der Waals surface area contributed by atoms with Gasteiger partial charge in [-0.1, -0.05) is 60.9 Å². The molecule has 0 radical (unpaired) electrons. The van der Waals surface area contributed by atoms with Crippen LogP contribution in [0.5, 0.6) is 0 Å². The third kappa shape index (κ3) is 4.99. The molecule has 5 aromatic rings. The number of tetrazole rings is 1. The molecule has 0 spiro atoms. The van der Waals surface area contributed by atoms with Crippen LogP contribution in [0, 0.1) is 6.92 Å². The maximum Gasteiger partial charge on any atom is 0.253 e. The molecule has 6 rings (SSSR count). The first-order valence-corrected chi connectivity index (χ1v) is 13.8. The number of aromatic amines is 1. The third-order valence-corrected chi connectivity index (χ3v) is 8.15. The normalized spacial score (nSPS) is 15.1. The quantitative estimate of drug-likeness (QED) is 0.286. The van der Waals surface area contributed by atoms with E-state index < -0.39 is 6.04 Å². The minimum atomic E-state index is -0.411. The molecule has 2 aromatic carbocycles. The van der Waals surface area contributed by atoms with Crippen molar-refractivity contribution in [2.24, 2.45) is 0 Å². The van der Waals surface area contributed by atoms with Crippen molar-refractivity contribution in [3.63, 3.8) is 0 Å². The Labute approximate surface area is 219 Å². The van der Waals surface area contributed by atoms with Crippen LogP contribution in [0.3, 0.4) is 0 Å². The van der Waals surface area contributed by atoms with Crippen molar-refractivity contribution in [1.82, 2.24) is 30.1 Å². The number of pyridine rings is 1. The Bertz CT molecular complexity index is 1540. The van der Waals surface area contributed by atoms with Crippen LogP contribution in [0.15, 0.2) is 76.9 Å². The van der Waals surface area contributed by atoms with E-state index in [0.717, 1.165) is 35.1 Å². The van der Waals surface area contributed by atoms with E-state index in [4.69, 9.17) is 0 Å². The minimum absolute atomic E-state index is 0.105. The minimum Gasteiger partial charge on any atom is -0.322 e. The van der Waals surface area contributed by atoms with Gasteiger partial charge in [-0.05, 0) is 70.8 Å². The first-order chi connectivity index (χ1) is 18.2. The lowest BCUT2D eigenvalue weighted by Crippen LogP contribution is -2.35. The Hall–Kier alpha value is -3.62. The van der Waals surface area contributed by atoms with E-state index in [0.29, 0.717) is 18.7 Å². The summed E-state index contributed by atoms with van der Waals surface area (Å²) in [6, 6.07) is 22.6. The molecule has 1 fully saturated rings. The van der Waals surface area contributed by atoms with Crippen molar-refractivity contribution in [2.75, 3.05) is 0 Å². The summed E-state index contributed by atoms with van der Waals surface area (Å²) in [6.07, 6.45) is 4.46. The van der Waals surface area contributed by atoms with Crippen LogP contribution < -0.4 is 5.56 Å². The number of fused-ring (bicyclic) bond motifs is 1. The number of nitrogens with one attached hydrogen (secondary N) is 1. The Kier molecular flexibility index (Phi) is 6.68. The molecule has 1 aliphatic carbocycles. The lowest BCUT2D eigenvalue weighted by atomic mass is 10.0. The average molecular weight is 511 g/mol. The number of hydrogen-bond acceptors (Lipinski definition) is 6. The number of aryl methyl sites for hydroxylation is 1. The van der Waals surface area contributed by atoms with Crippen LogP contribution in [0.4, 0.5) is 0 Å². The van der Waals surface area contributed by atoms with E-state index >= 15 is 0 Å². The molecule has 0 saturated heterocycles. The SMILES string of the molecule is Cc1ccc2[nH]c(=O)c([C@H](c3nnnn3C3CCCC3)N(Cc3ccccc3)Cc3cccs3)cc2c1. The van der Waals surface area contributed by atoms with Gasteiger partial charge >= 0.3 is 0 Å². The van der Waals surface area contributed by atoms with Crippen LogP contribution in [0.1, 0.15) is 65.2 Å². The molecular formula is C29H30N6OS. The molecule has 1 atom stereocenters. The maximum atomic E-state index is 13.7. The molecule has 0 amide bonds. The van der Waals surface area contributed by atoms with E-state index in [1.54, 1.807) is 11.3 Å². The van der Waals surface area contributed by atoms with Gasteiger partial charge in [-0.3, -0.25) is 9.69 Å². The second kappa shape index (κ2) is 10.4. The fourth-order valence-electron chi connectivity index (χ4n) is 5.49. The van der Waals surface area contributed by atoms with Crippen LogP contribution in [0.25, 0.3) is 10.9 Å². The van der Waals surface area contributed by atoms with E-state index in [2.05, 4.69) is 80.2 Å². The van der Waals surface area contributed by atoms with Gasteiger partial charge in [0.05, 0.1) is 6.04 Å². The Morgan fingerprint density at radius 2 is 1.89 bits per heavy atom. The highest BCUT2D eigenvalue weighted by Crippen LogP contribution is 2.35. The van der Waals surface area contributed by atoms with Gasteiger partial charge in [0.2, 0.25) is 0 Å². The summed E-state index contributed by atoms with van der Waals surface area (Å²) in [5, 5.41) is 16.3. The molecule has 7 nitrogen and oxygen atoms in total. The Balaban J connectivity index is 1.54. The number of benzene rings is 2. The number of aromatic nitrogens is 5. The largest absolute Gasteiger partial charge is 0.322 e. The molecular weight excluding hydrogens is 480 g/mol. The van der Waals surface area contributed by atoms with Crippen molar-refractivity contribution in [2.45, 2.75) is 57.8 Å². The van der Waals surface area contributed by atoms with E-state index in [1.165, 1.54) is 23.3 Å². The number of thiophene rings is 1. The summed E-state index contributed by atoms with van der Waals surface area (Å²) in [4.78, 5) is 20.4. The number of nitrogens with zero attached hydrogens (tertiary/aromatic N) is 5. The molecule has 1 aliphatic rings. The predicted molar refractivity (Wildman–Crippen MR) is 146 cm³/mol. The molecule has 3 heterocycles. The predicted octanol–water partition coefficient (Wildman–Crippen LogP) is 5.79. The van der Waals surface area contributed by atoms with Gasteiger partial charge in [0, 0.05) is 29.0 Å². The molecule has 0 aliphatic heterocycles. The van der Waals surface area contributed by atoms with E-state index in [1.807, 2.05) is 28.9 Å². The smallest absolute Gasteiger partial charge is 0.253 e.